The Morgan fingerprint density at radius 3 is 2.92 bits per heavy atom. The smallest absolute Gasteiger partial charge is 0.255 e. The molecule has 3 N–H and O–H groups in total. The average molecular weight is 398 g/mol. The largest absolute Gasteiger partial charge is 0.497 e. The second-order valence-electron chi connectivity index (χ2n) is 6.46. The van der Waals surface area contributed by atoms with E-state index in [1.54, 1.807) is 7.11 Å². The van der Waals surface area contributed by atoms with Crippen molar-refractivity contribution < 1.29 is 9.53 Å². The van der Waals surface area contributed by atoms with Crippen molar-refractivity contribution >= 4 is 38.4 Å². The van der Waals surface area contributed by atoms with E-state index < -0.39 is 5.54 Å². The van der Waals surface area contributed by atoms with E-state index in [1.165, 1.54) is 5.56 Å². The molecule has 0 radical (unpaired) electrons. The number of fused-ring (bicyclic) bond motifs is 6. The van der Waals surface area contributed by atoms with Crippen molar-refractivity contribution in [3.8, 4) is 5.75 Å². The zero-order valence-corrected chi connectivity index (χ0v) is 15.2. The molecule has 5 nitrogen and oxygen atoms in total. The Labute approximate surface area is 152 Å². The Balaban J connectivity index is 1.82. The summed E-state index contributed by atoms with van der Waals surface area (Å²) in [7, 11) is 1.67. The molecule has 1 unspecified atom stereocenters. The highest BCUT2D eigenvalue weighted by Gasteiger charge is 2.52. The van der Waals surface area contributed by atoms with E-state index in [-0.39, 0.29) is 5.91 Å². The lowest BCUT2D eigenvalue weighted by atomic mass is 9.82. The molecule has 5 rings (SSSR count). The van der Waals surface area contributed by atoms with Crippen molar-refractivity contribution in [2.75, 3.05) is 19.0 Å². The summed E-state index contributed by atoms with van der Waals surface area (Å²) in [6, 6.07) is 11.9. The van der Waals surface area contributed by atoms with Crippen LogP contribution in [0.2, 0.25) is 0 Å². The van der Waals surface area contributed by atoms with Gasteiger partial charge < -0.3 is 15.0 Å². The number of aromatic amines is 1. The van der Waals surface area contributed by atoms with Crippen LogP contribution < -0.4 is 15.4 Å². The van der Waals surface area contributed by atoms with Crippen LogP contribution in [0.3, 0.4) is 0 Å². The fourth-order valence-corrected chi connectivity index (χ4v) is 4.46. The molecule has 0 fully saturated rings. The Kier molecular flexibility index (Phi) is 3.05. The Bertz CT molecular complexity index is 1040. The Morgan fingerprint density at radius 2 is 2.08 bits per heavy atom. The molecule has 0 saturated heterocycles. The summed E-state index contributed by atoms with van der Waals surface area (Å²) in [5.41, 5.74) is 4.05. The van der Waals surface area contributed by atoms with E-state index in [1.807, 2.05) is 36.4 Å². The number of aromatic nitrogens is 1. The van der Waals surface area contributed by atoms with E-state index in [9.17, 15) is 4.79 Å². The van der Waals surface area contributed by atoms with Crippen LogP contribution >= 0.6 is 15.9 Å². The van der Waals surface area contributed by atoms with Gasteiger partial charge in [0.2, 0.25) is 0 Å². The van der Waals surface area contributed by atoms with Gasteiger partial charge in [-0.05, 0) is 48.4 Å². The average Bonchev–Trinajstić information content (AvgIpc) is 3.12. The number of anilines is 1. The van der Waals surface area contributed by atoms with Crippen LogP contribution in [0.25, 0.3) is 10.9 Å². The third kappa shape index (κ3) is 1.89. The molecule has 0 bridgehead atoms. The topological polar surface area (TPSA) is 66.1 Å². The first-order chi connectivity index (χ1) is 12.1. The number of amides is 1. The summed E-state index contributed by atoms with van der Waals surface area (Å²) in [6.07, 6.45) is 0.862. The van der Waals surface area contributed by atoms with Crippen LogP contribution in [-0.2, 0) is 16.8 Å². The van der Waals surface area contributed by atoms with Crippen LogP contribution in [0, 0.1) is 0 Å². The monoisotopic (exact) mass is 397 g/mol. The molecule has 6 heteroatoms. The summed E-state index contributed by atoms with van der Waals surface area (Å²) >= 11 is 3.53. The van der Waals surface area contributed by atoms with Gasteiger partial charge in [-0.15, -0.1) is 0 Å². The predicted octanol–water partition coefficient (Wildman–Crippen LogP) is 3.28. The van der Waals surface area contributed by atoms with Crippen molar-refractivity contribution in [2.45, 2.75) is 12.0 Å². The first-order valence-electron chi connectivity index (χ1n) is 8.19. The molecule has 2 aliphatic rings. The maximum atomic E-state index is 13.0. The molecule has 1 amide bonds. The van der Waals surface area contributed by atoms with Gasteiger partial charge in [-0.2, -0.15) is 0 Å². The van der Waals surface area contributed by atoms with Gasteiger partial charge in [-0.3, -0.25) is 10.1 Å². The molecule has 2 aliphatic heterocycles. The van der Waals surface area contributed by atoms with Gasteiger partial charge in [0.15, 0.2) is 5.54 Å². The number of H-pyrrole nitrogens is 1. The second kappa shape index (κ2) is 5.09. The van der Waals surface area contributed by atoms with Crippen molar-refractivity contribution in [1.82, 2.24) is 10.3 Å². The minimum atomic E-state index is -0.876. The van der Waals surface area contributed by atoms with Crippen LogP contribution in [0.4, 0.5) is 5.69 Å². The van der Waals surface area contributed by atoms with Gasteiger partial charge in [0.05, 0.1) is 12.8 Å². The van der Waals surface area contributed by atoms with Crippen LogP contribution in [0.1, 0.15) is 16.8 Å². The third-order valence-corrected chi connectivity index (χ3v) is 5.72. The van der Waals surface area contributed by atoms with Crippen molar-refractivity contribution in [3.63, 3.8) is 0 Å². The molecule has 1 spiro atoms. The number of carbonyl (C=O) groups is 1. The minimum Gasteiger partial charge on any atom is -0.497 e. The SMILES string of the molecule is COc1ccc2[nH]c3c(c2c1)CCNC31C(=O)Nc2ccc(Br)cc21. The van der Waals surface area contributed by atoms with Crippen molar-refractivity contribution in [2.24, 2.45) is 0 Å². The molecular formula is C19H16BrN3O2. The summed E-state index contributed by atoms with van der Waals surface area (Å²) in [4.78, 5) is 16.5. The van der Waals surface area contributed by atoms with Crippen LogP contribution in [-0.4, -0.2) is 24.5 Å². The van der Waals surface area contributed by atoms with Gasteiger partial charge in [-0.25, -0.2) is 0 Å². The lowest BCUT2D eigenvalue weighted by Crippen LogP contribution is -2.53. The highest BCUT2D eigenvalue weighted by molar-refractivity contribution is 9.10. The third-order valence-electron chi connectivity index (χ3n) is 5.23. The van der Waals surface area contributed by atoms with Gasteiger partial charge in [0.25, 0.3) is 5.91 Å². The predicted molar refractivity (Wildman–Crippen MR) is 100 cm³/mol. The first-order valence-corrected chi connectivity index (χ1v) is 8.98. The Morgan fingerprint density at radius 1 is 1.20 bits per heavy atom. The van der Waals surface area contributed by atoms with E-state index >= 15 is 0 Å². The summed E-state index contributed by atoms with van der Waals surface area (Å²) in [6.45, 7) is 0.733. The standard InChI is InChI=1S/C19H16BrN3O2/c1-25-11-3-5-15-13(9-11)12-6-7-21-19(17(12)22-15)14-8-10(20)2-4-16(14)23-18(19)24/h2-5,8-9,21-22H,6-7H2,1H3,(H,23,24). The van der Waals surface area contributed by atoms with Gasteiger partial charge in [0, 0.05) is 33.2 Å². The summed E-state index contributed by atoms with van der Waals surface area (Å²) < 4.78 is 6.33. The van der Waals surface area contributed by atoms with E-state index in [4.69, 9.17) is 4.74 Å². The molecule has 126 valence electrons. The second-order valence-corrected chi connectivity index (χ2v) is 7.38. The molecule has 25 heavy (non-hydrogen) atoms. The van der Waals surface area contributed by atoms with Crippen LogP contribution in [0.15, 0.2) is 40.9 Å². The maximum absolute atomic E-state index is 13.0. The van der Waals surface area contributed by atoms with Crippen LogP contribution in [0.5, 0.6) is 5.75 Å². The molecule has 1 atom stereocenters. The number of hydrogen-bond acceptors (Lipinski definition) is 3. The van der Waals surface area contributed by atoms with Crippen molar-refractivity contribution in [1.29, 1.82) is 0 Å². The minimum absolute atomic E-state index is 0.0416. The quantitative estimate of drug-likeness (QED) is 0.590. The molecule has 1 aromatic heterocycles. The number of carbonyl (C=O) groups excluding carboxylic acids is 1. The number of nitrogens with one attached hydrogen (secondary N) is 3. The number of halogens is 1. The van der Waals surface area contributed by atoms with E-state index in [0.29, 0.717) is 0 Å². The molecular weight excluding hydrogens is 382 g/mol. The highest BCUT2D eigenvalue weighted by Crippen LogP contribution is 2.46. The molecule has 2 aromatic carbocycles. The molecule has 3 aromatic rings. The molecule has 0 saturated carbocycles. The normalized spacial score (nSPS) is 21.3. The highest BCUT2D eigenvalue weighted by atomic mass is 79.9. The zero-order valence-electron chi connectivity index (χ0n) is 13.6. The lowest BCUT2D eigenvalue weighted by molar-refractivity contribution is -0.120. The number of rotatable bonds is 1. The fourth-order valence-electron chi connectivity index (χ4n) is 4.09. The van der Waals surface area contributed by atoms with Gasteiger partial charge in [0.1, 0.15) is 5.75 Å². The number of benzene rings is 2. The maximum Gasteiger partial charge on any atom is 0.255 e. The number of methoxy groups -OCH3 is 1. The summed E-state index contributed by atoms with van der Waals surface area (Å²) in [5, 5.41) is 7.62. The molecule has 3 heterocycles. The lowest BCUT2D eigenvalue weighted by Gasteiger charge is -2.33. The molecule has 0 aliphatic carbocycles. The van der Waals surface area contributed by atoms with Gasteiger partial charge in [-0.1, -0.05) is 15.9 Å². The first kappa shape index (κ1) is 15.0. The van der Waals surface area contributed by atoms with Gasteiger partial charge >= 0.3 is 0 Å². The van der Waals surface area contributed by atoms with E-state index in [2.05, 4.69) is 31.5 Å². The van der Waals surface area contributed by atoms with E-state index in [0.717, 1.165) is 51.0 Å². The Hall–Kier alpha value is -2.31. The zero-order chi connectivity index (χ0) is 17.2. The number of ether oxygens (including phenoxy) is 1. The van der Waals surface area contributed by atoms with Crippen molar-refractivity contribution in [3.05, 3.63) is 57.7 Å². The number of hydrogen-bond donors (Lipinski definition) is 3. The summed E-state index contributed by atoms with van der Waals surface area (Å²) in [5.74, 6) is 0.779. The fraction of sp³-hybridized carbons (Fsp3) is 0.211.